The van der Waals surface area contributed by atoms with Crippen LogP contribution in [0.15, 0.2) is 12.3 Å². The first-order chi connectivity index (χ1) is 8.02. The summed E-state index contributed by atoms with van der Waals surface area (Å²) in [5, 5.41) is 9.69. The van der Waals surface area contributed by atoms with Gasteiger partial charge in [-0.1, -0.05) is 11.6 Å². The molecule has 1 aliphatic rings. The lowest BCUT2D eigenvalue weighted by Crippen LogP contribution is -2.48. The van der Waals surface area contributed by atoms with Crippen LogP contribution >= 0.6 is 11.6 Å². The van der Waals surface area contributed by atoms with Gasteiger partial charge in [0, 0.05) is 24.8 Å². The van der Waals surface area contributed by atoms with Gasteiger partial charge in [0.05, 0.1) is 23.8 Å². The maximum atomic E-state index is 9.19. The number of nitrogens with zero attached hydrogens (tertiary/aromatic N) is 2. The van der Waals surface area contributed by atoms with E-state index in [-0.39, 0.29) is 12.2 Å². The zero-order valence-electron chi connectivity index (χ0n) is 10.1. The summed E-state index contributed by atoms with van der Waals surface area (Å²) in [6.07, 6.45) is 1.59. The minimum Gasteiger partial charge on any atom is -0.392 e. The number of anilines is 1. The van der Waals surface area contributed by atoms with Crippen molar-refractivity contribution in [2.75, 3.05) is 24.6 Å². The van der Waals surface area contributed by atoms with Crippen molar-refractivity contribution in [3.63, 3.8) is 0 Å². The van der Waals surface area contributed by atoms with E-state index in [4.69, 9.17) is 16.3 Å². The van der Waals surface area contributed by atoms with Crippen LogP contribution < -0.4 is 4.90 Å². The van der Waals surface area contributed by atoms with Crippen LogP contribution in [0.4, 0.5) is 5.82 Å². The van der Waals surface area contributed by atoms with Crippen molar-refractivity contribution < 1.29 is 9.84 Å². The molecule has 0 unspecified atom stereocenters. The van der Waals surface area contributed by atoms with Gasteiger partial charge in [-0.05, 0) is 19.9 Å². The Bertz CT molecular complexity index is 409. The second-order valence-electron chi connectivity index (χ2n) is 4.82. The van der Waals surface area contributed by atoms with Crippen molar-refractivity contribution in [2.45, 2.75) is 26.1 Å². The number of ether oxygens (including phenoxy) is 1. The van der Waals surface area contributed by atoms with E-state index in [0.717, 1.165) is 18.9 Å². The fraction of sp³-hybridized carbons (Fsp3) is 0.583. The van der Waals surface area contributed by atoms with Gasteiger partial charge in [0.1, 0.15) is 5.82 Å². The maximum Gasteiger partial charge on any atom is 0.129 e. The van der Waals surface area contributed by atoms with Gasteiger partial charge in [-0.2, -0.15) is 0 Å². The Morgan fingerprint density at radius 1 is 1.59 bits per heavy atom. The van der Waals surface area contributed by atoms with Crippen LogP contribution in [0.2, 0.25) is 5.02 Å². The van der Waals surface area contributed by atoms with E-state index >= 15 is 0 Å². The first-order valence-corrected chi connectivity index (χ1v) is 6.04. The summed E-state index contributed by atoms with van der Waals surface area (Å²) >= 11 is 5.93. The van der Waals surface area contributed by atoms with Crippen LogP contribution in [0, 0.1) is 0 Å². The lowest BCUT2D eigenvalue weighted by molar-refractivity contribution is -0.0279. The monoisotopic (exact) mass is 256 g/mol. The van der Waals surface area contributed by atoms with E-state index in [1.807, 2.05) is 6.07 Å². The lowest BCUT2D eigenvalue weighted by atomic mass is 10.1. The highest BCUT2D eigenvalue weighted by molar-refractivity contribution is 6.31. The molecule has 17 heavy (non-hydrogen) atoms. The van der Waals surface area contributed by atoms with Crippen LogP contribution in [0.1, 0.15) is 19.4 Å². The smallest absolute Gasteiger partial charge is 0.129 e. The largest absolute Gasteiger partial charge is 0.392 e. The van der Waals surface area contributed by atoms with Crippen LogP contribution in [0.25, 0.3) is 0 Å². The summed E-state index contributed by atoms with van der Waals surface area (Å²) in [7, 11) is 0. The van der Waals surface area contributed by atoms with Crippen LogP contribution in [-0.4, -0.2) is 35.4 Å². The molecule has 1 aromatic rings. The van der Waals surface area contributed by atoms with Crippen molar-refractivity contribution in [3.8, 4) is 0 Å². The van der Waals surface area contributed by atoms with E-state index in [1.165, 1.54) is 0 Å². The Balaban J connectivity index is 2.22. The fourth-order valence-corrected chi connectivity index (χ4v) is 2.14. The highest BCUT2D eigenvalue weighted by Crippen LogP contribution is 2.24. The molecule has 0 spiro atoms. The molecule has 0 aliphatic carbocycles. The van der Waals surface area contributed by atoms with Gasteiger partial charge in [-0.15, -0.1) is 0 Å². The number of aromatic nitrogens is 1. The standard InChI is InChI=1S/C12H17ClN2O2/c1-12(2)8-15(3-4-17-12)11-5-9(7-16)10(13)6-14-11/h5-6,16H,3-4,7-8H2,1-2H3. The summed E-state index contributed by atoms with van der Waals surface area (Å²) in [6.45, 7) is 6.33. The molecular weight excluding hydrogens is 240 g/mol. The van der Waals surface area contributed by atoms with Gasteiger partial charge < -0.3 is 14.7 Å². The third kappa shape index (κ3) is 2.89. The molecule has 0 amide bonds. The molecule has 0 saturated carbocycles. The highest BCUT2D eigenvalue weighted by Gasteiger charge is 2.28. The number of rotatable bonds is 2. The molecule has 2 rings (SSSR count). The predicted molar refractivity (Wildman–Crippen MR) is 67.4 cm³/mol. The molecule has 5 heteroatoms. The van der Waals surface area contributed by atoms with Gasteiger partial charge in [0.15, 0.2) is 0 Å². The first kappa shape index (κ1) is 12.6. The normalized spacial score (nSPS) is 19.4. The molecule has 1 aliphatic heterocycles. The number of hydrogen-bond donors (Lipinski definition) is 1. The van der Waals surface area contributed by atoms with Crippen molar-refractivity contribution in [1.29, 1.82) is 0 Å². The average Bonchev–Trinajstić information content (AvgIpc) is 2.28. The molecule has 94 valence electrons. The summed E-state index contributed by atoms with van der Waals surface area (Å²) in [4.78, 5) is 6.46. The van der Waals surface area contributed by atoms with Crippen molar-refractivity contribution in [2.24, 2.45) is 0 Å². The summed E-state index contributed by atoms with van der Waals surface area (Å²) < 4.78 is 5.65. The molecule has 2 heterocycles. The van der Waals surface area contributed by atoms with E-state index in [2.05, 4.69) is 23.7 Å². The molecule has 1 N–H and O–H groups in total. The third-order valence-electron chi connectivity index (χ3n) is 2.84. The Labute approximate surface area is 106 Å². The topological polar surface area (TPSA) is 45.6 Å². The minimum atomic E-state index is -0.168. The number of halogens is 1. The maximum absolute atomic E-state index is 9.19. The Hall–Kier alpha value is -0.840. The molecule has 0 radical (unpaired) electrons. The number of aliphatic hydroxyl groups is 1. The van der Waals surface area contributed by atoms with Gasteiger partial charge in [-0.3, -0.25) is 0 Å². The molecule has 0 aromatic carbocycles. The number of pyridine rings is 1. The van der Waals surface area contributed by atoms with Crippen molar-refractivity contribution in [1.82, 2.24) is 4.98 Å². The summed E-state index contributed by atoms with van der Waals surface area (Å²) in [5.74, 6) is 0.842. The Kier molecular flexibility index (Phi) is 3.56. The third-order valence-corrected chi connectivity index (χ3v) is 3.18. The SMILES string of the molecule is CC1(C)CN(c2cc(CO)c(Cl)cn2)CCO1. The zero-order valence-corrected chi connectivity index (χ0v) is 10.9. The average molecular weight is 257 g/mol. The second kappa shape index (κ2) is 4.80. The fourth-order valence-electron chi connectivity index (χ4n) is 1.97. The van der Waals surface area contributed by atoms with E-state index in [1.54, 1.807) is 6.20 Å². The molecular formula is C12H17ClN2O2. The molecule has 1 aromatic heterocycles. The predicted octanol–water partition coefficient (Wildman–Crippen LogP) is 1.84. The van der Waals surface area contributed by atoms with Crippen molar-refractivity contribution >= 4 is 17.4 Å². The first-order valence-electron chi connectivity index (χ1n) is 5.66. The Morgan fingerprint density at radius 3 is 3.00 bits per heavy atom. The van der Waals surface area contributed by atoms with Gasteiger partial charge >= 0.3 is 0 Å². The van der Waals surface area contributed by atoms with Crippen molar-refractivity contribution in [3.05, 3.63) is 22.8 Å². The number of aliphatic hydroxyl groups excluding tert-OH is 1. The van der Waals surface area contributed by atoms with Crippen LogP contribution in [-0.2, 0) is 11.3 Å². The number of hydrogen-bond acceptors (Lipinski definition) is 4. The summed E-state index contributed by atoms with van der Waals surface area (Å²) in [5.41, 5.74) is 0.542. The number of morpholine rings is 1. The van der Waals surface area contributed by atoms with Gasteiger partial charge in [0.2, 0.25) is 0 Å². The molecule has 4 nitrogen and oxygen atoms in total. The highest BCUT2D eigenvalue weighted by atomic mass is 35.5. The molecule has 0 bridgehead atoms. The van der Waals surface area contributed by atoms with E-state index in [9.17, 15) is 5.11 Å². The molecule has 1 fully saturated rings. The second-order valence-corrected chi connectivity index (χ2v) is 5.23. The van der Waals surface area contributed by atoms with Gasteiger partial charge in [-0.25, -0.2) is 4.98 Å². The zero-order chi connectivity index (χ0) is 12.5. The van der Waals surface area contributed by atoms with E-state index in [0.29, 0.717) is 17.2 Å². The molecule has 0 atom stereocenters. The Morgan fingerprint density at radius 2 is 2.35 bits per heavy atom. The quantitative estimate of drug-likeness (QED) is 0.877. The van der Waals surface area contributed by atoms with Crippen LogP contribution in [0.3, 0.4) is 0 Å². The minimum absolute atomic E-state index is 0.0674. The van der Waals surface area contributed by atoms with E-state index < -0.39 is 0 Å². The van der Waals surface area contributed by atoms with Gasteiger partial charge in [0.25, 0.3) is 0 Å². The summed E-state index contributed by atoms with van der Waals surface area (Å²) in [6, 6.07) is 1.84. The molecule has 1 saturated heterocycles. The lowest BCUT2D eigenvalue weighted by Gasteiger charge is -2.38. The van der Waals surface area contributed by atoms with Crippen LogP contribution in [0.5, 0.6) is 0 Å².